The molecule has 1 saturated heterocycles. The molecule has 2 aromatic rings. The van der Waals surface area contributed by atoms with Crippen LogP contribution in [-0.2, 0) is 0 Å². The molecule has 2 unspecified atom stereocenters. The normalized spacial score (nSPS) is 22.6. The molecule has 1 aliphatic rings. The number of nitrogens with zero attached hydrogens (tertiary/aromatic N) is 3. The number of piperazine rings is 1. The molecule has 5 nitrogen and oxygen atoms in total. The first kappa shape index (κ1) is 14.3. The summed E-state index contributed by atoms with van der Waals surface area (Å²) >= 11 is 6.05. The Labute approximate surface area is 127 Å². The van der Waals surface area contributed by atoms with E-state index in [2.05, 4.69) is 39.2 Å². The van der Waals surface area contributed by atoms with Crippen LogP contribution < -0.4 is 10.2 Å². The van der Waals surface area contributed by atoms with Crippen molar-refractivity contribution in [3.05, 3.63) is 29.0 Å². The van der Waals surface area contributed by atoms with E-state index >= 15 is 0 Å². The molecule has 21 heavy (non-hydrogen) atoms. The van der Waals surface area contributed by atoms with Gasteiger partial charge in [-0.2, -0.15) is 4.98 Å². The summed E-state index contributed by atoms with van der Waals surface area (Å²) in [5.74, 6) is 0.517. The van der Waals surface area contributed by atoms with Gasteiger partial charge in [-0.3, -0.25) is 5.10 Å². The highest BCUT2D eigenvalue weighted by atomic mass is 35.5. The molecule has 0 saturated carbocycles. The van der Waals surface area contributed by atoms with Crippen LogP contribution in [0.1, 0.15) is 13.8 Å². The molecule has 2 atom stereocenters. The fourth-order valence-corrected chi connectivity index (χ4v) is 2.97. The van der Waals surface area contributed by atoms with E-state index in [-0.39, 0.29) is 5.56 Å². The summed E-state index contributed by atoms with van der Waals surface area (Å²) in [7, 11) is 0. The Morgan fingerprint density at radius 3 is 2.67 bits per heavy atom. The van der Waals surface area contributed by atoms with Crippen LogP contribution in [0.5, 0.6) is 0 Å². The molecular formula is C14H17ClFN5. The van der Waals surface area contributed by atoms with Crippen molar-refractivity contribution in [2.75, 3.05) is 18.0 Å². The predicted molar refractivity (Wildman–Crippen MR) is 81.1 cm³/mol. The molecule has 1 aromatic carbocycles. The molecule has 0 aliphatic carbocycles. The van der Waals surface area contributed by atoms with Crippen molar-refractivity contribution in [3.8, 4) is 11.4 Å². The summed E-state index contributed by atoms with van der Waals surface area (Å²) in [5, 5.41) is 10.8. The van der Waals surface area contributed by atoms with Crippen LogP contribution in [0.4, 0.5) is 10.3 Å². The van der Waals surface area contributed by atoms with E-state index in [1.165, 1.54) is 6.07 Å². The number of hydrogen-bond acceptors (Lipinski definition) is 4. The summed E-state index contributed by atoms with van der Waals surface area (Å²) in [6, 6.07) is 5.27. The maximum Gasteiger partial charge on any atom is 0.245 e. The highest BCUT2D eigenvalue weighted by Gasteiger charge is 2.24. The minimum Gasteiger partial charge on any atom is -0.336 e. The zero-order valence-corrected chi connectivity index (χ0v) is 12.7. The number of rotatable bonds is 2. The molecule has 112 valence electrons. The second kappa shape index (κ2) is 5.61. The van der Waals surface area contributed by atoms with Crippen molar-refractivity contribution in [1.29, 1.82) is 0 Å². The largest absolute Gasteiger partial charge is 0.336 e. The minimum atomic E-state index is -0.410. The zero-order valence-electron chi connectivity index (χ0n) is 11.9. The lowest BCUT2D eigenvalue weighted by atomic mass is 10.1. The third kappa shape index (κ3) is 2.87. The van der Waals surface area contributed by atoms with E-state index in [4.69, 9.17) is 11.6 Å². The lowest BCUT2D eigenvalue weighted by Gasteiger charge is -2.35. The Balaban J connectivity index is 1.90. The van der Waals surface area contributed by atoms with Crippen LogP contribution in [0, 0.1) is 5.82 Å². The summed E-state index contributed by atoms with van der Waals surface area (Å²) < 4.78 is 13.9. The number of hydrogen-bond donors (Lipinski definition) is 2. The predicted octanol–water partition coefficient (Wildman–Crippen LogP) is 2.45. The van der Waals surface area contributed by atoms with Crippen molar-refractivity contribution in [1.82, 2.24) is 20.5 Å². The molecule has 0 bridgehead atoms. The van der Waals surface area contributed by atoms with Gasteiger partial charge in [0.2, 0.25) is 5.95 Å². The molecule has 0 radical (unpaired) electrons. The first-order valence-corrected chi connectivity index (χ1v) is 7.30. The summed E-state index contributed by atoms with van der Waals surface area (Å²) in [6.07, 6.45) is 0. The number of anilines is 1. The van der Waals surface area contributed by atoms with Gasteiger partial charge in [0.1, 0.15) is 5.82 Å². The van der Waals surface area contributed by atoms with Gasteiger partial charge < -0.3 is 10.2 Å². The molecule has 1 fully saturated rings. The van der Waals surface area contributed by atoms with Gasteiger partial charge in [-0.05, 0) is 26.0 Å². The lowest BCUT2D eigenvalue weighted by Crippen LogP contribution is -2.54. The highest BCUT2D eigenvalue weighted by molar-refractivity contribution is 6.33. The second-order valence-electron chi connectivity index (χ2n) is 5.45. The Hall–Kier alpha value is -1.66. The molecule has 7 heteroatoms. The van der Waals surface area contributed by atoms with Gasteiger partial charge in [0, 0.05) is 25.2 Å². The number of nitrogens with one attached hydrogen (secondary N) is 2. The molecule has 1 aliphatic heterocycles. The molecule has 3 rings (SSSR count). The Kier molecular flexibility index (Phi) is 3.82. The van der Waals surface area contributed by atoms with Gasteiger partial charge in [0.05, 0.1) is 10.6 Å². The molecule has 2 heterocycles. The van der Waals surface area contributed by atoms with E-state index in [0.29, 0.717) is 28.9 Å². The number of benzene rings is 1. The van der Waals surface area contributed by atoms with Crippen LogP contribution in [0.15, 0.2) is 18.2 Å². The van der Waals surface area contributed by atoms with Gasteiger partial charge in [0.15, 0.2) is 5.82 Å². The Bertz CT molecular complexity index is 614. The first-order chi connectivity index (χ1) is 10.0. The van der Waals surface area contributed by atoms with E-state index in [1.807, 2.05) is 0 Å². The van der Waals surface area contributed by atoms with Crippen molar-refractivity contribution in [2.24, 2.45) is 0 Å². The van der Waals surface area contributed by atoms with Crippen LogP contribution in [0.25, 0.3) is 11.4 Å². The zero-order chi connectivity index (χ0) is 15.0. The standard InChI is InChI=1S/C14H17ClFN5/c1-8-6-21(7-9(2)17-8)14-18-13(19-20-14)12-10(15)4-3-5-11(12)16/h3-5,8-9,17H,6-7H2,1-2H3,(H,18,19,20). The van der Waals surface area contributed by atoms with Gasteiger partial charge in [-0.1, -0.05) is 17.7 Å². The van der Waals surface area contributed by atoms with Crippen molar-refractivity contribution in [3.63, 3.8) is 0 Å². The molecule has 1 aromatic heterocycles. The molecule has 2 N–H and O–H groups in total. The summed E-state index contributed by atoms with van der Waals surface area (Å²) in [4.78, 5) is 6.49. The van der Waals surface area contributed by atoms with Crippen molar-refractivity contribution in [2.45, 2.75) is 25.9 Å². The van der Waals surface area contributed by atoms with Crippen LogP contribution in [-0.4, -0.2) is 40.4 Å². The maximum absolute atomic E-state index is 13.9. The number of halogens is 2. The first-order valence-electron chi connectivity index (χ1n) is 6.92. The van der Waals surface area contributed by atoms with E-state index in [9.17, 15) is 4.39 Å². The SMILES string of the molecule is CC1CN(c2n[nH]c(-c3c(F)cccc3Cl)n2)CC(C)N1. The quantitative estimate of drug-likeness (QED) is 0.894. The van der Waals surface area contributed by atoms with E-state index < -0.39 is 5.82 Å². The van der Waals surface area contributed by atoms with Crippen molar-refractivity contribution >= 4 is 17.5 Å². The number of aromatic amines is 1. The van der Waals surface area contributed by atoms with Crippen LogP contribution in [0.2, 0.25) is 5.02 Å². The minimum absolute atomic E-state index is 0.258. The monoisotopic (exact) mass is 309 g/mol. The average Bonchev–Trinajstić information content (AvgIpc) is 2.87. The van der Waals surface area contributed by atoms with Crippen molar-refractivity contribution < 1.29 is 4.39 Å². The van der Waals surface area contributed by atoms with E-state index in [1.54, 1.807) is 12.1 Å². The second-order valence-corrected chi connectivity index (χ2v) is 5.86. The molecule has 0 amide bonds. The fourth-order valence-electron chi connectivity index (χ4n) is 2.72. The average molecular weight is 310 g/mol. The highest BCUT2D eigenvalue weighted by Crippen LogP contribution is 2.29. The topological polar surface area (TPSA) is 56.8 Å². The lowest BCUT2D eigenvalue weighted by molar-refractivity contribution is 0.403. The number of H-pyrrole nitrogens is 1. The Morgan fingerprint density at radius 2 is 2.00 bits per heavy atom. The fraction of sp³-hybridized carbons (Fsp3) is 0.429. The third-order valence-corrected chi connectivity index (χ3v) is 3.83. The van der Waals surface area contributed by atoms with Gasteiger partial charge in [0.25, 0.3) is 0 Å². The molecule has 0 spiro atoms. The number of aromatic nitrogens is 3. The Morgan fingerprint density at radius 1 is 1.29 bits per heavy atom. The van der Waals surface area contributed by atoms with Gasteiger partial charge in [-0.15, -0.1) is 5.10 Å². The van der Waals surface area contributed by atoms with Gasteiger partial charge in [-0.25, -0.2) is 4.39 Å². The summed E-state index contributed by atoms with van der Waals surface area (Å²) in [6.45, 7) is 5.85. The van der Waals surface area contributed by atoms with Crippen LogP contribution in [0.3, 0.4) is 0 Å². The smallest absolute Gasteiger partial charge is 0.245 e. The van der Waals surface area contributed by atoms with Gasteiger partial charge >= 0.3 is 0 Å². The summed E-state index contributed by atoms with van der Waals surface area (Å²) in [5.41, 5.74) is 0.258. The van der Waals surface area contributed by atoms with Crippen LogP contribution >= 0.6 is 11.6 Å². The third-order valence-electron chi connectivity index (χ3n) is 3.51. The maximum atomic E-state index is 13.9. The van der Waals surface area contributed by atoms with E-state index in [0.717, 1.165) is 13.1 Å². The molecular weight excluding hydrogens is 293 g/mol.